The van der Waals surface area contributed by atoms with Gasteiger partial charge in [0.1, 0.15) is 12.4 Å². The molecule has 0 bridgehead atoms. The Kier molecular flexibility index (Phi) is 8.16. The van der Waals surface area contributed by atoms with Gasteiger partial charge in [0.15, 0.2) is 23.4 Å². The lowest BCUT2D eigenvalue weighted by molar-refractivity contribution is -0.111. The van der Waals surface area contributed by atoms with Crippen molar-refractivity contribution in [1.82, 2.24) is 20.6 Å². The Labute approximate surface area is 227 Å². The van der Waals surface area contributed by atoms with E-state index < -0.39 is 6.10 Å². The van der Waals surface area contributed by atoms with E-state index in [0.717, 1.165) is 35.3 Å². The molecule has 0 fully saturated rings. The Bertz CT molecular complexity index is 1420. The van der Waals surface area contributed by atoms with Gasteiger partial charge in [-0.1, -0.05) is 56.3 Å². The summed E-state index contributed by atoms with van der Waals surface area (Å²) in [6, 6.07) is 21.3. The van der Waals surface area contributed by atoms with E-state index in [1.165, 1.54) is 6.08 Å². The molecule has 4 aromatic rings. The number of nitrogens with one attached hydrogen (secondary N) is 2. The van der Waals surface area contributed by atoms with Crippen molar-refractivity contribution in [3.8, 4) is 28.4 Å². The fraction of sp³-hybridized carbons (Fsp3) is 0.267. The van der Waals surface area contributed by atoms with Crippen molar-refractivity contribution in [3.63, 3.8) is 0 Å². The number of aromatic amines is 1. The van der Waals surface area contributed by atoms with Crippen LogP contribution in [0.2, 0.25) is 0 Å². The van der Waals surface area contributed by atoms with Crippen LogP contribution in [0.25, 0.3) is 17.2 Å². The fourth-order valence-corrected chi connectivity index (χ4v) is 4.29. The Balaban J connectivity index is 1.32. The lowest BCUT2D eigenvalue weighted by Crippen LogP contribution is -2.24. The highest BCUT2D eigenvalue weighted by Crippen LogP contribution is 2.41. The van der Waals surface area contributed by atoms with Crippen LogP contribution in [-0.4, -0.2) is 39.7 Å². The molecule has 2 heterocycles. The van der Waals surface area contributed by atoms with Crippen LogP contribution in [0.1, 0.15) is 44.2 Å². The van der Waals surface area contributed by atoms with Gasteiger partial charge in [-0.15, -0.1) is 5.10 Å². The summed E-state index contributed by atoms with van der Waals surface area (Å²) in [6.45, 7) is 5.35. The van der Waals surface area contributed by atoms with Gasteiger partial charge < -0.3 is 19.5 Å². The first-order valence-corrected chi connectivity index (χ1v) is 13.0. The first-order valence-electron chi connectivity index (χ1n) is 13.0. The second kappa shape index (κ2) is 12.3. The number of tetrazole rings is 1. The third-order valence-corrected chi connectivity index (χ3v) is 6.27. The van der Waals surface area contributed by atoms with Crippen LogP contribution in [0, 0.1) is 5.92 Å². The number of nitrogens with zero attached hydrogens (tertiary/aromatic N) is 3. The molecule has 0 saturated carbocycles. The van der Waals surface area contributed by atoms with Crippen molar-refractivity contribution in [2.45, 2.75) is 32.8 Å². The summed E-state index contributed by atoms with van der Waals surface area (Å²) in [5.74, 6) is 2.57. The minimum atomic E-state index is -0.513. The summed E-state index contributed by atoms with van der Waals surface area (Å²) >= 11 is 0. The molecule has 0 spiro atoms. The maximum Gasteiger partial charge on any atom is 0.248 e. The van der Waals surface area contributed by atoms with Crippen LogP contribution in [0.4, 0.5) is 5.69 Å². The number of fused-ring (bicyclic) bond motifs is 1. The fourth-order valence-electron chi connectivity index (χ4n) is 4.29. The molecule has 9 heteroatoms. The molecule has 200 valence electrons. The molecule has 9 nitrogen and oxygen atoms in total. The van der Waals surface area contributed by atoms with Crippen molar-refractivity contribution < 1.29 is 19.0 Å². The predicted molar refractivity (Wildman–Crippen MR) is 149 cm³/mol. The molecule has 1 amide bonds. The van der Waals surface area contributed by atoms with Crippen LogP contribution < -0.4 is 19.5 Å². The number of rotatable bonds is 10. The zero-order valence-corrected chi connectivity index (χ0v) is 22.0. The van der Waals surface area contributed by atoms with Gasteiger partial charge in [-0.3, -0.25) is 4.79 Å². The Hall–Kier alpha value is -4.66. The number of hydrogen-bond donors (Lipinski definition) is 2. The number of ether oxygens (including phenoxy) is 3. The minimum absolute atomic E-state index is 0.251. The van der Waals surface area contributed by atoms with Crippen molar-refractivity contribution in [2.24, 2.45) is 5.92 Å². The normalized spacial score (nSPS) is 14.5. The quantitative estimate of drug-likeness (QED) is 0.197. The summed E-state index contributed by atoms with van der Waals surface area (Å²) in [7, 11) is 0. The number of benzene rings is 3. The van der Waals surface area contributed by atoms with Gasteiger partial charge in [-0.05, 0) is 76.2 Å². The number of H-pyrrole nitrogens is 1. The molecule has 5 rings (SSSR count). The molecule has 1 aliphatic heterocycles. The molecule has 1 aliphatic rings. The highest BCUT2D eigenvalue weighted by atomic mass is 16.6. The number of hydrogen-bond acceptors (Lipinski definition) is 7. The first-order chi connectivity index (χ1) is 19.1. The molecule has 1 atom stereocenters. The molecular weight excluding hydrogens is 494 g/mol. The molecule has 39 heavy (non-hydrogen) atoms. The second-order valence-corrected chi connectivity index (χ2v) is 9.66. The number of carbonyl (C=O) groups is 1. The van der Waals surface area contributed by atoms with Gasteiger partial charge in [0.05, 0.1) is 12.3 Å². The topological polar surface area (TPSA) is 111 Å². The van der Waals surface area contributed by atoms with Gasteiger partial charge in [-0.25, -0.2) is 5.10 Å². The maximum atomic E-state index is 13.0. The molecule has 1 aromatic heterocycles. The Morgan fingerprint density at radius 3 is 2.82 bits per heavy atom. The zero-order valence-electron chi connectivity index (χ0n) is 22.0. The molecule has 0 aliphatic carbocycles. The monoisotopic (exact) mass is 525 g/mol. The van der Waals surface area contributed by atoms with E-state index in [0.29, 0.717) is 35.5 Å². The standard InChI is InChI=1S/C30H31N5O4/c1-20(2)8-7-17-37-23-15-13-22(24(18-23)21-9-4-3-5-10-21)14-16-28(36)31-25-11-6-12-26-29(25)39-27(19-38-26)30-32-34-35-33-30/h3-6,9-16,18,20,27H,7-8,17,19H2,1-2H3,(H,31,36)(H,32,33,34,35)/b16-14+. The maximum absolute atomic E-state index is 13.0. The lowest BCUT2D eigenvalue weighted by Gasteiger charge is -2.26. The van der Waals surface area contributed by atoms with Crippen LogP contribution in [0.3, 0.4) is 0 Å². The van der Waals surface area contributed by atoms with E-state index in [4.69, 9.17) is 14.2 Å². The van der Waals surface area contributed by atoms with Crippen molar-refractivity contribution in [1.29, 1.82) is 0 Å². The van der Waals surface area contributed by atoms with Crippen LogP contribution in [0.5, 0.6) is 17.2 Å². The Morgan fingerprint density at radius 1 is 1.15 bits per heavy atom. The lowest BCUT2D eigenvalue weighted by atomic mass is 9.99. The molecule has 0 saturated heterocycles. The molecule has 3 aromatic carbocycles. The average Bonchev–Trinajstić information content (AvgIpc) is 3.50. The van der Waals surface area contributed by atoms with Crippen LogP contribution in [0.15, 0.2) is 72.8 Å². The van der Waals surface area contributed by atoms with Crippen molar-refractivity contribution >= 4 is 17.7 Å². The van der Waals surface area contributed by atoms with Crippen molar-refractivity contribution in [2.75, 3.05) is 18.5 Å². The van der Waals surface area contributed by atoms with Gasteiger partial charge in [0, 0.05) is 6.08 Å². The molecule has 1 unspecified atom stereocenters. The summed E-state index contributed by atoms with van der Waals surface area (Å²) in [5, 5.41) is 16.7. The third kappa shape index (κ3) is 6.62. The molecule has 0 radical (unpaired) electrons. The summed E-state index contributed by atoms with van der Waals surface area (Å²) in [6.07, 6.45) is 4.93. The van der Waals surface area contributed by atoms with E-state index in [1.807, 2.05) is 48.5 Å². The number of para-hydroxylation sites is 1. The van der Waals surface area contributed by atoms with Gasteiger partial charge in [0.2, 0.25) is 5.91 Å². The van der Waals surface area contributed by atoms with Gasteiger partial charge in [0.25, 0.3) is 0 Å². The summed E-state index contributed by atoms with van der Waals surface area (Å²) < 4.78 is 17.9. The van der Waals surface area contributed by atoms with Crippen molar-refractivity contribution in [3.05, 3.63) is 84.2 Å². The largest absolute Gasteiger partial charge is 0.494 e. The number of amides is 1. The number of anilines is 1. The minimum Gasteiger partial charge on any atom is -0.494 e. The second-order valence-electron chi connectivity index (χ2n) is 9.66. The van der Waals surface area contributed by atoms with E-state index in [9.17, 15) is 4.79 Å². The molecule has 2 N–H and O–H groups in total. The average molecular weight is 526 g/mol. The smallest absolute Gasteiger partial charge is 0.248 e. The highest BCUT2D eigenvalue weighted by molar-refractivity contribution is 6.03. The van der Waals surface area contributed by atoms with Crippen LogP contribution >= 0.6 is 0 Å². The summed E-state index contributed by atoms with van der Waals surface area (Å²) in [5.41, 5.74) is 3.42. The molecular formula is C30H31N5O4. The Morgan fingerprint density at radius 2 is 2.03 bits per heavy atom. The van der Waals surface area contributed by atoms with E-state index in [-0.39, 0.29) is 12.5 Å². The highest BCUT2D eigenvalue weighted by Gasteiger charge is 2.27. The van der Waals surface area contributed by atoms with E-state index in [2.05, 4.69) is 39.8 Å². The zero-order chi connectivity index (χ0) is 27.0. The van der Waals surface area contributed by atoms with E-state index in [1.54, 1.807) is 24.3 Å². The van der Waals surface area contributed by atoms with E-state index >= 15 is 0 Å². The van der Waals surface area contributed by atoms with Gasteiger partial charge >= 0.3 is 0 Å². The predicted octanol–water partition coefficient (Wildman–Crippen LogP) is 5.85. The SMILES string of the molecule is CC(C)CCCOc1ccc(/C=C/C(=O)Nc2cccc3c2OC(c2nnn[nH]2)CO3)c(-c2ccccc2)c1. The number of carbonyl (C=O) groups excluding carboxylic acids is 1. The van der Waals surface area contributed by atoms with Gasteiger partial charge in [-0.2, -0.15) is 0 Å². The van der Waals surface area contributed by atoms with Crippen LogP contribution in [-0.2, 0) is 4.79 Å². The first kappa shape index (κ1) is 26.0. The summed E-state index contributed by atoms with van der Waals surface area (Å²) in [4.78, 5) is 13.0. The number of aromatic nitrogens is 4. The third-order valence-electron chi connectivity index (χ3n) is 6.27.